The summed E-state index contributed by atoms with van der Waals surface area (Å²) in [6, 6.07) is 0. The van der Waals surface area contributed by atoms with E-state index in [2.05, 4.69) is 25.4 Å². The standard InChI is InChI=1S/C7H13N7/c8-13-11-5-7(6-12-14-9)1-3-10-4-2-7/h10H,1-6H2. The largest absolute Gasteiger partial charge is 0.317 e. The molecule has 0 saturated carbocycles. The Morgan fingerprint density at radius 1 is 1.07 bits per heavy atom. The molecule has 0 aliphatic carbocycles. The average molecular weight is 195 g/mol. The van der Waals surface area contributed by atoms with Crippen LogP contribution in [0.2, 0.25) is 0 Å². The van der Waals surface area contributed by atoms with E-state index in [9.17, 15) is 0 Å². The highest BCUT2D eigenvalue weighted by molar-refractivity contribution is 4.88. The van der Waals surface area contributed by atoms with Crippen LogP contribution in [0.15, 0.2) is 10.2 Å². The lowest BCUT2D eigenvalue weighted by molar-refractivity contribution is 0.221. The second-order valence-corrected chi connectivity index (χ2v) is 3.53. The molecule has 0 atom stereocenters. The fourth-order valence-electron chi connectivity index (χ4n) is 1.69. The lowest BCUT2D eigenvalue weighted by Gasteiger charge is -2.35. The Hall–Kier alpha value is -1.42. The first-order valence-electron chi connectivity index (χ1n) is 4.55. The van der Waals surface area contributed by atoms with E-state index in [0.717, 1.165) is 25.9 Å². The summed E-state index contributed by atoms with van der Waals surface area (Å²) in [7, 11) is 0. The second kappa shape index (κ2) is 5.34. The predicted molar refractivity (Wildman–Crippen MR) is 52.6 cm³/mol. The van der Waals surface area contributed by atoms with Crippen molar-refractivity contribution in [2.45, 2.75) is 12.8 Å². The van der Waals surface area contributed by atoms with Crippen molar-refractivity contribution >= 4 is 0 Å². The van der Waals surface area contributed by atoms with Crippen LogP contribution in [-0.4, -0.2) is 26.2 Å². The van der Waals surface area contributed by atoms with Gasteiger partial charge in [0.15, 0.2) is 0 Å². The molecule has 0 unspecified atom stereocenters. The van der Waals surface area contributed by atoms with Crippen molar-refractivity contribution in [3.05, 3.63) is 20.9 Å². The van der Waals surface area contributed by atoms with Gasteiger partial charge < -0.3 is 5.32 Å². The van der Waals surface area contributed by atoms with Crippen LogP contribution in [0.1, 0.15) is 12.8 Å². The second-order valence-electron chi connectivity index (χ2n) is 3.53. The number of nitrogens with zero attached hydrogens (tertiary/aromatic N) is 6. The van der Waals surface area contributed by atoms with Gasteiger partial charge in [-0.15, -0.1) is 0 Å². The van der Waals surface area contributed by atoms with Crippen LogP contribution in [0.3, 0.4) is 0 Å². The lowest BCUT2D eigenvalue weighted by atomic mass is 9.79. The Balaban J connectivity index is 2.65. The van der Waals surface area contributed by atoms with E-state index in [1.165, 1.54) is 0 Å². The van der Waals surface area contributed by atoms with E-state index < -0.39 is 0 Å². The van der Waals surface area contributed by atoms with Gasteiger partial charge in [-0.2, -0.15) is 0 Å². The van der Waals surface area contributed by atoms with Crippen LogP contribution in [0.25, 0.3) is 20.9 Å². The quantitative estimate of drug-likeness (QED) is 0.413. The lowest BCUT2D eigenvalue weighted by Crippen LogP contribution is -2.40. The molecule has 0 aromatic rings. The maximum absolute atomic E-state index is 8.28. The molecule has 7 nitrogen and oxygen atoms in total. The topological polar surface area (TPSA) is 110 Å². The first-order chi connectivity index (χ1) is 6.83. The molecule has 7 heteroatoms. The normalized spacial score (nSPS) is 19.1. The summed E-state index contributed by atoms with van der Waals surface area (Å²) in [4.78, 5) is 5.51. The van der Waals surface area contributed by atoms with Gasteiger partial charge >= 0.3 is 0 Å². The molecule has 1 rings (SSSR count). The molecule has 1 N–H and O–H groups in total. The number of hydrogen-bond acceptors (Lipinski definition) is 3. The zero-order chi connectivity index (χ0) is 10.3. The van der Waals surface area contributed by atoms with Gasteiger partial charge in [0.25, 0.3) is 0 Å². The number of piperidine rings is 1. The van der Waals surface area contributed by atoms with Gasteiger partial charge in [-0.1, -0.05) is 10.2 Å². The highest BCUT2D eigenvalue weighted by Gasteiger charge is 2.30. The average Bonchev–Trinajstić information content (AvgIpc) is 2.25. The van der Waals surface area contributed by atoms with Crippen molar-refractivity contribution in [2.75, 3.05) is 26.2 Å². The number of nitrogens with one attached hydrogen (secondary N) is 1. The fourth-order valence-corrected chi connectivity index (χ4v) is 1.69. The Kier molecular flexibility index (Phi) is 4.07. The third kappa shape index (κ3) is 2.81. The van der Waals surface area contributed by atoms with E-state index in [4.69, 9.17) is 11.1 Å². The number of rotatable bonds is 4. The van der Waals surface area contributed by atoms with Crippen LogP contribution in [-0.2, 0) is 0 Å². The van der Waals surface area contributed by atoms with Crippen molar-refractivity contribution < 1.29 is 0 Å². The van der Waals surface area contributed by atoms with Gasteiger partial charge in [0.1, 0.15) is 0 Å². The number of hydrogen-bond donors (Lipinski definition) is 1. The van der Waals surface area contributed by atoms with Gasteiger partial charge in [0, 0.05) is 22.9 Å². The Bertz CT molecular complexity index is 246. The van der Waals surface area contributed by atoms with E-state index in [-0.39, 0.29) is 5.41 Å². The van der Waals surface area contributed by atoms with Crippen molar-refractivity contribution in [1.29, 1.82) is 0 Å². The van der Waals surface area contributed by atoms with Crippen molar-refractivity contribution in [3.63, 3.8) is 0 Å². The summed E-state index contributed by atoms with van der Waals surface area (Å²) in [5.74, 6) is 0. The molecule has 0 aromatic heterocycles. The van der Waals surface area contributed by atoms with E-state index in [1.807, 2.05) is 0 Å². The summed E-state index contributed by atoms with van der Waals surface area (Å²) in [6.07, 6.45) is 1.79. The molecule has 1 aliphatic heterocycles. The van der Waals surface area contributed by atoms with Gasteiger partial charge in [-0.05, 0) is 42.4 Å². The zero-order valence-corrected chi connectivity index (χ0v) is 7.93. The smallest absolute Gasteiger partial charge is 0.0316 e. The number of azide groups is 2. The monoisotopic (exact) mass is 195 g/mol. The maximum atomic E-state index is 8.28. The Morgan fingerprint density at radius 3 is 2.00 bits per heavy atom. The summed E-state index contributed by atoms with van der Waals surface area (Å²) >= 11 is 0. The van der Waals surface area contributed by atoms with Crippen molar-refractivity contribution in [2.24, 2.45) is 15.6 Å². The molecule has 0 spiro atoms. The summed E-state index contributed by atoms with van der Waals surface area (Å²) < 4.78 is 0. The molecule has 1 saturated heterocycles. The third-order valence-electron chi connectivity index (χ3n) is 2.60. The maximum Gasteiger partial charge on any atom is 0.0316 e. The molecule has 1 fully saturated rings. The van der Waals surface area contributed by atoms with E-state index in [1.54, 1.807) is 0 Å². The van der Waals surface area contributed by atoms with Gasteiger partial charge in [-0.25, -0.2) is 0 Å². The van der Waals surface area contributed by atoms with Crippen LogP contribution in [0.4, 0.5) is 0 Å². The molecule has 14 heavy (non-hydrogen) atoms. The first kappa shape index (κ1) is 10.7. The van der Waals surface area contributed by atoms with Crippen LogP contribution >= 0.6 is 0 Å². The van der Waals surface area contributed by atoms with Crippen molar-refractivity contribution in [1.82, 2.24) is 5.32 Å². The highest BCUT2D eigenvalue weighted by atomic mass is 15.2. The van der Waals surface area contributed by atoms with Crippen LogP contribution in [0.5, 0.6) is 0 Å². The fraction of sp³-hybridized carbons (Fsp3) is 1.00. The van der Waals surface area contributed by atoms with Crippen LogP contribution < -0.4 is 5.32 Å². The molecule has 0 bridgehead atoms. The molecule has 1 heterocycles. The molecule has 76 valence electrons. The van der Waals surface area contributed by atoms with Crippen molar-refractivity contribution in [3.8, 4) is 0 Å². The Labute approximate surface area is 81.7 Å². The minimum Gasteiger partial charge on any atom is -0.317 e. The first-order valence-corrected chi connectivity index (χ1v) is 4.55. The van der Waals surface area contributed by atoms with Gasteiger partial charge in [-0.3, -0.25) is 0 Å². The van der Waals surface area contributed by atoms with Gasteiger partial charge in [0.05, 0.1) is 0 Å². The highest BCUT2D eigenvalue weighted by Crippen LogP contribution is 2.29. The summed E-state index contributed by atoms with van der Waals surface area (Å²) in [5, 5.41) is 10.4. The molecular weight excluding hydrogens is 182 g/mol. The predicted octanol–water partition coefficient (Wildman–Crippen LogP) is 1.98. The van der Waals surface area contributed by atoms with E-state index >= 15 is 0 Å². The summed E-state index contributed by atoms with van der Waals surface area (Å²) in [6.45, 7) is 2.62. The van der Waals surface area contributed by atoms with Crippen LogP contribution in [0, 0.1) is 5.41 Å². The zero-order valence-electron chi connectivity index (χ0n) is 7.93. The Morgan fingerprint density at radius 2 is 1.57 bits per heavy atom. The molecule has 1 aliphatic rings. The molecular formula is C7H13N7. The molecule has 0 amide bonds. The van der Waals surface area contributed by atoms with E-state index in [0.29, 0.717) is 13.1 Å². The minimum atomic E-state index is -0.121. The summed E-state index contributed by atoms with van der Waals surface area (Å²) in [5.41, 5.74) is 16.4. The third-order valence-corrected chi connectivity index (χ3v) is 2.60. The molecule has 0 radical (unpaired) electrons. The van der Waals surface area contributed by atoms with Gasteiger partial charge in [0.2, 0.25) is 0 Å². The molecule has 0 aromatic carbocycles. The SMILES string of the molecule is [N-]=[N+]=NCC1(CN=[N+]=[N-])CCNCC1. The minimum absolute atomic E-state index is 0.121.